The number of hydrogen-bond acceptors (Lipinski definition) is 4. The Balaban J connectivity index is 1.63. The molecule has 3 rings (SSSR count). The lowest BCUT2D eigenvalue weighted by Crippen LogP contribution is -2.44. The second-order valence-electron chi connectivity index (χ2n) is 8.36. The predicted octanol–water partition coefficient (Wildman–Crippen LogP) is 4.76. The van der Waals surface area contributed by atoms with Crippen LogP contribution in [0.25, 0.3) is 0 Å². The number of piperidine rings is 1. The predicted molar refractivity (Wildman–Crippen MR) is 112 cm³/mol. The lowest BCUT2D eigenvalue weighted by molar-refractivity contribution is -0.151. The fraction of sp³-hybridized carbons (Fsp3) is 0.417. The smallest absolute Gasteiger partial charge is 0.410 e. The minimum atomic E-state index is -0.515. The minimum Gasteiger partial charge on any atom is -0.462 e. The second kappa shape index (κ2) is 9.12. The lowest BCUT2D eigenvalue weighted by atomic mass is 9.91. The van der Waals surface area contributed by atoms with Crippen LogP contribution in [0.4, 0.5) is 4.79 Å². The van der Waals surface area contributed by atoms with Crippen LogP contribution in [-0.4, -0.2) is 41.8 Å². The molecule has 0 radical (unpaired) electrons. The summed E-state index contributed by atoms with van der Waals surface area (Å²) in [5, 5.41) is 0. The Kier molecular flexibility index (Phi) is 6.57. The molecule has 0 spiro atoms. The Bertz CT molecular complexity index is 766. The average Bonchev–Trinajstić information content (AvgIpc) is 2.69. The van der Waals surface area contributed by atoms with E-state index in [-0.39, 0.29) is 18.2 Å². The van der Waals surface area contributed by atoms with E-state index in [0.717, 1.165) is 11.1 Å². The summed E-state index contributed by atoms with van der Waals surface area (Å²) < 4.78 is 11.3. The highest BCUT2D eigenvalue weighted by Gasteiger charge is 2.31. The van der Waals surface area contributed by atoms with Gasteiger partial charge >= 0.3 is 12.1 Å². The van der Waals surface area contributed by atoms with Crippen LogP contribution in [0.2, 0.25) is 0 Å². The number of carbonyl (C=O) groups excluding carboxylic acids is 2. The van der Waals surface area contributed by atoms with Gasteiger partial charge in [-0.25, -0.2) is 4.79 Å². The van der Waals surface area contributed by atoms with Gasteiger partial charge in [-0.3, -0.25) is 4.79 Å². The van der Waals surface area contributed by atoms with Crippen LogP contribution in [0, 0.1) is 0 Å². The standard InChI is InChI=1S/C24H29NO4/c1-24(2,3)29-23(27)25-16-14-20(15-17-25)28-22(26)21(18-10-6-4-7-11-18)19-12-8-5-9-13-19/h4-13,20-21H,14-17H2,1-3H3. The molecule has 1 aliphatic rings. The first-order chi connectivity index (χ1) is 13.8. The first-order valence-electron chi connectivity index (χ1n) is 10.1. The molecule has 2 aromatic carbocycles. The zero-order valence-electron chi connectivity index (χ0n) is 17.3. The van der Waals surface area contributed by atoms with Gasteiger partial charge in [-0.05, 0) is 31.9 Å². The van der Waals surface area contributed by atoms with Crippen molar-refractivity contribution in [3.8, 4) is 0 Å². The Hall–Kier alpha value is -2.82. The third kappa shape index (κ3) is 5.83. The number of benzene rings is 2. The van der Waals surface area contributed by atoms with Gasteiger partial charge in [0.1, 0.15) is 17.6 Å². The molecule has 0 bridgehead atoms. The maximum atomic E-state index is 13.1. The van der Waals surface area contributed by atoms with Crippen molar-refractivity contribution in [3.63, 3.8) is 0 Å². The largest absolute Gasteiger partial charge is 0.462 e. The highest BCUT2D eigenvalue weighted by molar-refractivity contribution is 5.82. The van der Waals surface area contributed by atoms with Gasteiger partial charge in [-0.15, -0.1) is 0 Å². The molecule has 1 saturated heterocycles. The van der Waals surface area contributed by atoms with Crippen LogP contribution in [-0.2, 0) is 14.3 Å². The summed E-state index contributed by atoms with van der Waals surface area (Å²) in [6.45, 7) is 6.61. The number of hydrogen-bond donors (Lipinski definition) is 0. The van der Waals surface area contributed by atoms with Gasteiger partial charge < -0.3 is 14.4 Å². The number of esters is 1. The van der Waals surface area contributed by atoms with E-state index < -0.39 is 11.5 Å². The van der Waals surface area contributed by atoms with E-state index in [2.05, 4.69) is 0 Å². The molecule has 0 atom stereocenters. The van der Waals surface area contributed by atoms with Crippen LogP contribution < -0.4 is 0 Å². The number of ether oxygens (including phenoxy) is 2. The van der Waals surface area contributed by atoms with Gasteiger partial charge in [0.05, 0.1) is 0 Å². The number of amides is 1. The summed E-state index contributed by atoms with van der Waals surface area (Å²) in [7, 11) is 0. The van der Waals surface area contributed by atoms with Crippen molar-refractivity contribution < 1.29 is 19.1 Å². The van der Waals surface area contributed by atoms with E-state index >= 15 is 0 Å². The molecule has 5 heteroatoms. The van der Waals surface area contributed by atoms with Crippen molar-refractivity contribution in [3.05, 3.63) is 71.8 Å². The first-order valence-corrected chi connectivity index (χ1v) is 10.1. The summed E-state index contributed by atoms with van der Waals surface area (Å²) in [4.78, 5) is 27.0. The van der Waals surface area contributed by atoms with E-state index in [1.54, 1.807) is 4.90 Å². The molecule has 154 valence electrons. The lowest BCUT2D eigenvalue weighted by Gasteiger charge is -2.33. The number of carbonyl (C=O) groups is 2. The minimum absolute atomic E-state index is 0.198. The quantitative estimate of drug-likeness (QED) is 0.701. The maximum Gasteiger partial charge on any atom is 0.410 e. The van der Waals surface area contributed by atoms with Crippen molar-refractivity contribution in [1.29, 1.82) is 0 Å². The van der Waals surface area contributed by atoms with E-state index in [0.29, 0.717) is 25.9 Å². The second-order valence-corrected chi connectivity index (χ2v) is 8.36. The zero-order chi connectivity index (χ0) is 20.9. The summed E-state index contributed by atoms with van der Waals surface area (Å²) in [5.41, 5.74) is 1.31. The van der Waals surface area contributed by atoms with Gasteiger partial charge in [-0.1, -0.05) is 60.7 Å². The van der Waals surface area contributed by atoms with Crippen LogP contribution in [0.3, 0.4) is 0 Å². The molecule has 1 aliphatic heterocycles. The fourth-order valence-corrected chi connectivity index (χ4v) is 3.47. The van der Waals surface area contributed by atoms with Crippen molar-refractivity contribution in [2.45, 2.75) is 51.2 Å². The van der Waals surface area contributed by atoms with Gasteiger partial charge in [0.2, 0.25) is 0 Å². The van der Waals surface area contributed by atoms with Gasteiger partial charge in [-0.2, -0.15) is 0 Å². The molecule has 1 heterocycles. The van der Waals surface area contributed by atoms with Crippen molar-refractivity contribution >= 4 is 12.1 Å². The normalized spacial score (nSPS) is 15.2. The molecule has 29 heavy (non-hydrogen) atoms. The molecule has 1 fully saturated rings. The highest BCUT2D eigenvalue weighted by Crippen LogP contribution is 2.28. The molecule has 0 N–H and O–H groups in total. The Morgan fingerprint density at radius 1 is 0.897 bits per heavy atom. The summed E-state index contributed by atoms with van der Waals surface area (Å²) >= 11 is 0. The van der Waals surface area contributed by atoms with E-state index in [4.69, 9.17) is 9.47 Å². The molecule has 1 amide bonds. The summed E-state index contributed by atoms with van der Waals surface area (Å²) in [6.07, 6.45) is 0.715. The molecule has 0 unspecified atom stereocenters. The summed E-state index contributed by atoms with van der Waals surface area (Å²) in [5.74, 6) is -0.709. The van der Waals surface area contributed by atoms with Crippen LogP contribution in [0.1, 0.15) is 50.7 Å². The monoisotopic (exact) mass is 395 g/mol. The summed E-state index contributed by atoms with van der Waals surface area (Å²) in [6, 6.07) is 19.4. The van der Waals surface area contributed by atoms with Crippen LogP contribution in [0.5, 0.6) is 0 Å². The van der Waals surface area contributed by atoms with Gasteiger partial charge in [0.25, 0.3) is 0 Å². The molecule has 2 aromatic rings. The zero-order valence-corrected chi connectivity index (χ0v) is 17.3. The third-order valence-corrected chi connectivity index (χ3v) is 4.88. The molecule has 0 aromatic heterocycles. The average molecular weight is 395 g/mol. The molecular weight excluding hydrogens is 366 g/mol. The Morgan fingerprint density at radius 2 is 1.38 bits per heavy atom. The third-order valence-electron chi connectivity index (χ3n) is 4.88. The van der Waals surface area contributed by atoms with Crippen LogP contribution >= 0.6 is 0 Å². The highest BCUT2D eigenvalue weighted by atomic mass is 16.6. The van der Waals surface area contributed by atoms with Crippen molar-refractivity contribution in [2.75, 3.05) is 13.1 Å². The van der Waals surface area contributed by atoms with E-state index in [1.807, 2.05) is 81.4 Å². The number of likely N-dealkylation sites (tertiary alicyclic amines) is 1. The fourth-order valence-electron chi connectivity index (χ4n) is 3.47. The van der Waals surface area contributed by atoms with Crippen molar-refractivity contribution in [1.82, 2.24) is 4.90 Å². The number of rotatable bonds is 4. The van der Waals surface area contributed by atoms with Crippen molar-refractivity contribution in [2.24, 2.45) is 0 Å². The van der Waals surface area contributed by atoms with Gasteiger partial charge in [0, 0.05) is 25.9 Å². The first kappa shape index (κ1) is 20.9. The van der Waals surface area contributed by atoms with Crippen LogP contribution in [0.15, 0.2) is 60.7 Å². The van der Waals surface area contributed by atoms with Gasteiger partial charge in [0.15, 0.2) is 0 Å². The Labute approximate surface area is 172 Å². The number of nitrogens with zero attached hydrogens (tertiary/aromatic N) is 1. The molecule has 5 nitrogen and oxygen atoms in total. The molecule has 0 aliphatic carbocycles. The topological polar surface area (TPSA) is 55.8 Å². The SMILES string of the molecule is CC(C)(C)OC(=O)N1CCC(OC(=O)C(c2ccccc2)c2ccccc2)CC1. The Morgan fingerprint density at radius 3 is 1.83 bits per heavy atom. The molecule has 0 saturated carbocycles. The maximum absolute atomic E-state index is 13.1. The van der Waals surface area contributed by atoms with E-state index in [1.165, 1.54) is 0 Å². The molecular formula is C24H29NO4. The van der Waals surface area contributed by atoms with E-state index in [9.17, 15) is 9.59 Å².